The van der Waals surface area contributed by atoms with Crippen molar-refractivity contribution in [1.82, 2.24) is 5.32 Å². The van der Waals surface area contributed by atoms with Crippen LogP contribution < -0.4 is 5.32 Å². The molecule has 0 aromatic heterocycles. The van der Waals surface area contributed by atoms with Crippen molar-refractivity contribution in [2.75, 3.05) is 6.61 Å². The fraction of sp³-hybridized carbons (Fsp3) is 0.946. The highest BCUT2D eigenvalue weighted by Crippen LogP contribution is 2.18. The van der Waals surface area contributed by atoms with Gasteiger partial charge in [0.25, 0.3) is 0 Å². The van der Waals surface area contributed by atoms with Gasteiger partial charge in [-0.25, -0.2) is 0 Å². The summed E-state index contributed by atoms with van der Waals surface area (Å²) in [5.74, 6) is -0.0610. The van der Waals surface area contributed by atoms with E-state index in [1.54, 1.807) is 6.08 Å². The molecule has 0 aromatic carbocycles. The van der Waals surface area contributed by atoms with Crippen molar-refractivity contribution >= 4 is 5.91 Å². The summed E-state index contributed by atoms with van der Waals surface area (Å²) in [6.45, 7) is 4.30. The molecular formula is C56H111NO3. The van der Waals surface area contributed by atoms with Crippen LogP contribution in [0.4, 0.5) is 0 Å². The molecule has 2 atom stereocenters. The molecule has 0 aliphatic carbocycles. The summed E-state index contributed by atoms with van der Waals surface area (Å²) in [5, 5.41) is 22.9. The highest BCUT2D eigenvalue weighted by atomic mass is 16.3. The zero-order chi connectivity index (χ0) is 43.5. The van der Waals surface area contributed by atoms with Gasteiger partial charge >= 0.3 is 0 Å². The quantitative estimate of drug-likeness (QED) is 0.0422. The number of hydrogen-bond donors (Lipinski definition) is 3. The molecule has 358 valence electrons. The number of aliphatic hydroxyl groups excluding tert-OH is 2. The van der Waals surface area contributed by atoms with Crippen molar-refractivity contribution in [3.63, 3.8) is 0 Å². The van der Waals surface area contributed by atoms with Gasteiger partial charge in [0.1, 0.15) is 0 Å². The fourth-order valence-electron chi connectivity index (χ4n) is 9.01. The number of rotatable bonds is 52. The van der Waals surface area contributed by atoms with Crippen LogP contribution in [-0.4, -0.2) is 34.9 Å². The van der Waals surface area contributed by atoms with E-state index in [2.05, 4.69) is 19.2 Å². The van der Waals surface area contributed by atoms with Gasteiger partial charge in [0, 0.05) is 6.42 Å². The number of hydrogen-bond acceptors (Lipinski definition) is 3. The number of aliphatic hydroxyl groups is 2. The Kier molecular flexibility index (Phi) is 51.7. The van der Waals surface area contributed by atoms with Crippen LogP contribution in [0.5, 0.6) is 0 Å². The molecule has 1 amide bonds. The summed E-state index contributed by atoms with van der Waals surface area (Å²) in [4.78, 5) is 12.4. The Morgan fingerprint density at radius 3 is 0.867 bits per heavy atom. The molecule has 0 spiro atoms. The minimum absolute atomic E-state index is 0.0610. The largest absolute Gasteiger partial charge is 0.394 e. The summed E-state index contributed by atoms with van der Waals surface area (Å²) >= 11 is 0. The van der Waals surface area contributed by atoms with E-state index in [1.165, 1.54) is 276 Å². The molecule has 0 saturated carbocycles. The predicted octanol–water partition coefficient (Wildman–Crippen LogP) is 18.1. The van der Waals surface area contributed by atoms with Gasteiger partial charge in [0.15, 0.2) is 0 Å². The normalized spacial score (nSPS) is 12.8. The monoisotopic (exact) mass is 846 g/mol. The minimum atomic E-state index is -0.832. The number of nitrogens with one attached hydrogen (secondary N) is 1. The van der Waals surface area contributed by atoms with Gasteiger partial charge in [-0.05, 0) is 19.3 Å². The van der Waals surface area contributed by atoms with Crippen molar-refractivity contribution in [1.29, 1.82) is 0 Å². The summed E-state index contributed by atoms with van der Waals surface area (Å²) < 4.78 is 0. The zero-order valence-electron chi connectivity index (χ0n) is 41.3. The number of unbranched alkanes of at least 4 members (excludes halogenated alkanes) is 45. The van der Waals surface area contributed by atoms with Crippen LogP contribution in [-0.2, 0) is 4.79 Å². The lowest BCUT2D eigenvalue weighted by Gasteiger charge is -2.20. The summed E-state index contributed by atoms with van der Waals surface area (Å²) in [5.41, 5.74) is 0. The van der Waals surface area contributed by atoms with Crippen molar-refractivity contribution in [3.05, 3.63) is 12.2 Å². The molecule has 0 aliphatic heterocycles. The van der Waals surface area contributed by atoms with Crippen LogP contribution in [0.25, 0.3) is 0 Å². The van der Waals surface area contributed by atoms with Crippen LogP contribution in [0.1, 0.15) is 322 Å². The second kappa shape index (κ2) is 52.5. The van der Waals surface area contributed by atoms with Gasteiger partial charge in [0.05, 0.1) is 18.8 Å². The van der Waals surface area contributed by atoms with Crippen LogP contribution in [0.15, 0.2) is 12.2 Å². The topological polar surface area (TPSA) is 69.6 Å². The molecule has 0 rings (SSSR count). The number of amides is 1. The van der Waals surface area contributed by atoms with Crippen LogP contribution in [0.2, 0.25) is 0 Å². The predicted molar refractivity (Wildman–Crippen MR) is 267 cm³/mol. The van der Waals surface area contributed by atoms with E-state index in [4.69, 9.17) is 0 Å². The van der Waals surface area contributed by atoms with Gasteiger partial charge in [-0.15, -0.1) is 0 Å². The van der Waals surface area contributed by atoms with E-state index in [0.717, 1.165) is 25.7 Å². The van der Waals surface area contributed by atoms with Crippen molar-refractivity contribution in [3.8, 4) is 0 Å². The highest BCUT2D eigenvalue weighted by Gasteiger charge is 2.18. The molecule has 60 heavy (non-hydrogen) atoms. The smallest absolute Gasteiger partial charge is 0.220 e. The highest BCUT2D eigenvalue weighted by molar-refractivity contribution is 5.76. The SMILES string of the molecule is CCCCCCCC/C=C/C(O)C(CO)NC(=O)CCCCCCCCCCCCCCCCCCCCCCCCCCCCCCCCCCCCCCCCCC. The third kappa shape index (κ3) is 48.2. The summed E-state index contributed by atoms with van der Waals surface area (Å²) in [7, 11) is 0. The summed E-state index contributed by atoms with van der Waals surface area (Å²) in [6, 6.07) is -0.615. The molecular weight excluding hydrogens is 735 g/mol. The molecule has 0 radical (unpaired) electrons. The van der Waals surface area contributed by atoms with E-state index in [-0.39, 0.29) is 12.5 Å². The lowest BCUT2D eigenvalue weighted by atomic mass is 10.0. The second-order valence-electron chi connectivity index (χ2n) is 19.4. The molecule has 0 heterocycles. The Balaban J connectivity index is 3.28. The molecule has 0 aromatic rings. The third-order valence-corrected chi connectivity index (χ3v) is 13.3. The van der Waals surface area contributed by atoms with Crippen LogP contribution in [0, 0.1) is 0 Å². The first-order valence-corrected chi connectivity index (χ1v) is 27.9. The molecule has 4 heteroatoms. The first kappa shape index (κ1) is 59.1. The Bertz CT molecular complexity index is 829. The van der Waals surface area contributed by atoms with E-state index in [0.29, 0.717) is 6.42 Å². The molecule has 0 saturated heterocycles. The molecule has 4 nitrogen and oxygen atoms in total. The Hall–Kier alpha value is -0.870. The van der Waals surface area contributed by atoms with Gasteiger partial charge < -0.3 is 15.5 Å². The van der Waals surface area contributed by atoms with Gasteiger partial charge in [-0.1, -0.05) is 309 Å². The van der Waals surface area contributed by atoms with E-state index < -0.39 is 12.1 Å². The maximum absolute atomic E-state index is 12.4. The van der Waals surface area contributed by atoms with Crippen molar-refractivity contribution in [2.24, 2.45) is 0 Å². The molecule has 0 fully saturated rings. The Morgan fingerprint density at radius 1 is 0.383 bits per heavy atom. The van der Waals surface area contributed by atoms with Crippen LogP contribution in [0.3, 0.4) is 0 Å². The third-order valence-electron chi connectivity index (χ3n) is 13.3. The molecule has 3 N–H and O–H groups in total. The zero-order valence-corrected chi connectivity index (χ0v) is 41.3. The standard InChI is InChI=1S/C56H111NO3/c1-3-5-7-9-11-13-14-15-16-17-18-19-20-21-22-23-24-25-26-27-28-29-30-31-32-33-34-35-36-37-38-39-40-41-42-43-44-46-48-50-52-56(60)57-54(53-58)55(59)51-49-47-45-12-10-8-6-4-2/h49,51,54-55,58-59H,3-48,50,52-53H2,1-2H3,(H,57,60)/b51-49+. The second-order valence-corrected chi connectivity index (χ2v) is 19.4. The molecule has 2 unspecified atom stereocenters. The fourth-order valence-corrected chi connectivity index (χ4v) is 9.01. The molecule has 0 aliphatic rings. The lowest BCUT2D eigenvalue weighted by molar-refractivity contribution is -0.123. The maximum atomic E-state index is 12.4. The lowest BCUT2D eigenvalue weighted by Crippen LogP contribution is -2.45. The van der Waals surface area contributed by atoms with E-state index >= 15 is 0 Å². The van der Waals surface area contributed by atoms with Crippen molar-refractivity contribution < 1.29 is 15.0 Å². The first-order valence-electron chi connectivity index (χ1n) is 27.9. The van der Waals surface area contributed by atoms with Crippen LogP contribution >= 0.6 is 0 Å². The van der Waals surface area contributed by atoms with Gasteiger partial charge in [-0.3, -0.25) is 4.79 Å². The first-order chi connectivity index (χ1) is 29.7. The minimum Gasteiger partial charge on any atom is -0.394 e. The average molecular weight is 847 g/mol. The Morgan fingerprint density at radius 2 is 0.617 bits per heavy atom. The average Bonchev–Trinajstić information content (AvgIpc) is 3.25. The number of carbonyl (C=O) groups excluding carboxylic acids is 1. The number of allylic oxidation sites excluding steroid dienone is 1. The van der Waals surface area contributed by atoms with E-state index in [9.17, 15) is 15.0 Å². The summed E-state index contributed by atoms with van der Waals surface area (Å²) in [6.07, 6.45) is 68.5. The molecule has 0 bridgehead atoms. The number of carbonyl (C=O) groups is 1. The van der Waals surface area contributed by atoms with Gasteiger partial charge in [-0.2, -0.15) is 0 Å². The maximum Gasteiger partial charge on any atom is 0.220 e. The Labute approximate surface area is 377 Å². The van der Waals surface area contributed by atoms with E-state index in [1.807, 2.05) is 6.08 Å². The van der Waals surface area contributed by atoms with Crippen molar-refractivity contribution in [2.45, 2.75) is 334 Å². The van der Waals surface area contributed by atoms with Gasteiger partial charge in [0.2, 0.25) is 5.91 Å².